The highest BCUT2D eigenvalue weighted by Gasteiger charge is 2.48. The third kappa shape index (κ3) is 4.85. The van der Waals surface area contributed by atoms with E-state index in [0.717, 1.165) is 37.9 Å². The van der Waals surface area contributed by atoms with Gasteiger partial charge in [0.15, 0.2) is 0 Å². The second kappa shape index (κ2) is 8.65. The normalized spacial score (nSPS) is 30.1. The van der Waals surface area contributed by atoms with E-state index in [1.54, 1.807) is 0 Å². The Morgan fingerprint density at radius 1 is 1.11 bits per heavy atom. The first-order chi connectivity index (χ1) is 12.9. The van der Waals surface area contributed by atoms with E-state index in [9.17, 15) is 0 Å². The van der Waals surface area contributed by atoms with E-state index in [4.69, 9.17) is 9.47 Å². The van der Waals surface area contributed by atoms with Crippen LogP contribution in [-0.2, 0) is 4.74 Å². The van der Waals surface area contributed by atoms with Crippen LogP contribution in [-0.4, -0.2) is 11.7 Å². The summed E-state index contributed by atoms with van der Waals surface area (Å²) >= 11 is 0. The Morgan fingerprint density at radius 2 is 1.89 bits per heavy atom. The maximum atomic E-state index is 6.60. The molecule has 0 unspecified atom stereocenters. The summed E-state index contributed by atoms with van der Waals surface area (Å²) < 4.78 is 13.0. The third-order valence-electron chi connectivity index (χ3n) is 6.21. The van der Waals surface area contributed by atoms with E-state index in [0.29, 0.717) is 12.0 Å². The molecule has 2 heterocycles. The van der Waals surface area contributed by atoms with E-state index >= 15 is 0 Å². The molecule has 2 nitrogen and oxygen atoms in total. The smallest absolute Gasteiger partial charge is 0.125 e. The Labute approximate surface area is 165 Å². The maximum Gasteiger partial charge on any atom is 0.125 e. The Bertz CT molecular complexity index is 698. The summed E-state index contributed by atoms with van der Waals surface area (Å²) in [6, 6.07) is 8.45. The van der Waals surface area contributed by atoms with Gasteiger partial charge in [0.25, 0.3) is 0 Å². The molecule has 2 aliphatic heterocycles. The maximum absolute atomic E-state index is 6.60. The van der Waals surface area contributed by atoms with Crippen molar-refractivity contribution in [3.8, 4) is 5.75 Å². The summed E-state index contributed by atoms with van der Waals surface area (Å²) in [7, 11) is 0. The molecular formula is C25H36O2. The van der Waals surface area contributed by atoms with Crippen LogP contribution in [0, 0.1) is 5.92 Å². The molecule has 0 radical (unpaired) electrons. The van der Waals surface area contributed by atoms with Crippen molar-refractivity contribution in [2.75, 3.05) is 0 Å². The fourth-order valence-corrected chi connectivity index (χ4v) is 4.56. The topological polar surface area (TPSA) is 18.5 Å². The lowest BCUT2D eigenvalue weighted by atomic mass is 9.72. The predicted molar refractivity (Wildman–Crippen MR) is 113 cm³/mol. The van der Waals surface area contributed by atoms with Crippen molar-refractivity contribution in [2.45, 2.75) is 91.0 Å². The lowest BCUT2D eigenvalue weighted by Crippen LogP contribution is -2.50. The summed E-state index contributed by atoms with van der Waals surface area (Å²) in [5.74, 6) is 1.45. The first-order valence-electron chi connectivity index (χ1n) is 10.6. The SMILES string of the molecule is CC(C)=CCC/C(C)=C/CC[C@]1(C)Oc2ccccc2[C@@H]2O[C@@H](C)CC[C@H]21. The van der Waals surface area contributed by atoms with Crippen molar-refractivity contribution in [1.82, 2.24) is 0 Å². The Hall–Kier alpha value is -1.54. The van der Waals surface area contributed by atoms with Gasteiger partial charge in [0.05, 0.1) is 12.2 Å². The molecule has 3 rings (SSSR count). The number of para-hydroxylation sites is 1. The zero-order chi connectivity index (χ0) is 19.4. The van der Waals surface area contributed by atoms with Gasteiger partial charge >= 0.3 is 0 Å². The molecule has 1 aromatic carbocycles. The van der Waals surface area contributed by atoms with Crippen LogP contribution in [0.4, 0.5) is 0 Å². The number of hydrogen-bond acceptors (Lipinski definition) is 2. The van der Waals surface area contributed by atoms with Crippen molar-refractivity contribution in [2.24, 2.45) is 5.92 Å². The number of benzene rings is 1. The first kappa shape index (κ1) is 20.2. The third-order valence-corrected chi connectivity index (χ3v) is 6.21. The molecular weight excluding hydrogens is 332 g/mol. The summed E-state index contributed by atoms with van der Waals surface area (Å²) in [4.78, 5) is 0. The van der Waals surface area contributed by atoms with Gasteiger partial charge in [-0.1, -0.05) is 41.5 Å². The van der Waals surface area contributed by atoms with Crippen LogP contribution < -0.4 is 4.74 Å². The molecule has 0 saturated carbocycles. The molecule has 4 atom stereocenters. The minimum Gasteiger partial charge on any atom is -0.487 e. The van der Waals surface area contributed by atoms with E-state index in [1.165, 1.54) is 23.1 Å². The van der Waals surface area contributed by atoms with Crippen molar-refractivity contribution >= 4 is 0 Å². The van der Waals surface area contributed by atoms with Crippen LogP contribution >= 0.6 is 0 Å². The molecule has 0 amide bonds. The molecule has 0 N–H and O–H groups in total. The van der Waals surface area contributed by atoms with Gasteiger partial charge in [-0.25, -0.2) is 0 Å². The van der Waals surface area contributed by atoms with Crippen LogP contribution in [0.25, 0.3) is 0 Å². The Kier molecular flexibility index (Phi) is 6.47. The van der Waals surface area contributed by atoms with Gasteiger partial charge in [-0.2, -0.15) is 0 Å². The molecule has 1 aromatic rings. The fraction of sp³-hybridized carbons (Fsp3) is 0.600. The van der Waals surface area contributed by atoms with Crippen LogP contribution in [0.2, 0.25) is 0 Å². The quantitative estimate of drug-likeness (QED) is 0.496. The lowest BCUT2D eigenvalue weighted by Gasteiger charge is -2.50. The number of fused-ring (bicyclic) bond motifs is 3. The predicted octanol–water partition coefficient (Wildman–Crippen LogP) is 7.17. The average molecular weight is 369 g/mol. The average Bonchev–Trinajstić information content (AvgIpc) is 2.61. The highest BCUT2D eigenvalue weighted by molar-refractivity contribution is 5.39. The summed E-state index contributed by atoms with van der Waals surface area (Å²) in [5, 5.41) is 0. The second-order valence-corrected chi connectivity index (χ2v) is 8.91. The van der Waals surface area contributed by atoms with Crippen LogP contribution in [0.1, 0.15) is 84.8 Å². The zero-order valence-corrected chi connectivity index (χ0v) is 17.8. The van der Waals surface area contributed by atoms with Crippen LogP contribution in [0.3, 0.4) is 0 Å². The van der Waals surface area contributed by atoms with Gasteiger partial charge in [0, 0.05) is 11.5 Å². The second-order valence-electron chi connectivity index (χ2n) is 8.91. The van der Waals surface area contributed by atoms with Crippen molar-refractivity contribution in [3.63, 3.8) is 0 Å². The van der Waals surface area contributed by atoms with Gasteiger partial charge in [-0.3, -0.25) is 0 Å². The fourth-order valence-electron chi connectivity index (χ4n) is 4.56. The first-order valence-corrected chi connectivity index (χ1v) is 10.6. The van der Waals surface area contributed by atoms with E-state index in [2.05, 4.69) is 71.0 Å². The van der Waals surface area contributed by atoms with Crippen LogP contribution in [0.5, 0.6) is 5.75 Å². The van der Waals surface area contributed by atoms with Gasteiger partial charge in [-0.05, 0) is 79.2 Å². The molecule has 27 heavy (non-hydrogen) atoms. The molecule has 0 spiro atoms. The molecule has 0 aliphatic carbocycles. The standard InChI is InChI=1S/C25H36O2/c1-18(2)10-8-11-19(3)12-9-17-25(5)22-16-15-20(4)26-24(22)21-13-6-7-14-23(21)27-25/h6-7,10,12-14,20,22,24H,8-9,11,15-17H2,1-5H3/b19-12+/t20-,22+,24-,25-/m0/s1. The molecule has 1 fully saturated rings. The largest absolute Gasteiger partial charge is 0.487 e. The summed E-state index contributed by atoms with van der Waals surface area (Å²) in [6.45, 7) is 11.1. The Morgan fingerprint density at radius 3 is 2.67 bits per heavy atom. The van der Waals surface area contributed by atoms with Gasteiger partial charge < -0.3 is 9.47 Å². The number of hydrogen-bond donors (Lipinski definition) is 0. The van der Waals surface area contributed by atoms with Gasteiger partial charge in [-0.15, -0.1) is 0 Å². The zero-order valence-electron chi connectivity index (χ0n) is 17.8. The molecule has 2 heteroatoms. The lowest BCUT2D eigenvalue weighted by molar-refractivity contribution is -0.152. The Balaban J connectivity index is 1.70. The van der Waals surface area contributed by atoms with E-state index in [1.807, 2.05) is 0 Å². The summed E-state index contributed by atoms with van der Waals surface area (Å²) in [6.07, 6.45) is 11.9. The van der Waals surface area contributed by atoms with Gasteiger partial charge in [0.1, 0.15) is 11.4 Å². The van der Waals surface area contributed by atoms with Crippen LogP contribution in [0.15, 0.2) is 47.6 Å². The highest BCUT2D eigenvalue weighted by Crippen LogP contribution is 2.51. The van der Waals surface area contributed by atoms with E-state index < -0.39 is 0 Å². The minimum atomic E-state index is -0.157. The molecule has 2 aliphatic rings. The monoisotopic (exact) mass is 368 g/mol. The van der Waals surface area contributed by atoms with E-state index in [-0.39, 0.29) is 11.7 Å². The van der Waals surface area contributed by atoms with Crippen molar-refractivity contribution in [1.29, 1.82) is 0 Å². The molecule has 0 bridgehead atoms. The number of ether oxygens (including phenoxy) is 2. The molecule has 148 valence electrons. The van der Waals surface area contributed by atoms with Gasteiger partial charge in [0.2, 0.25) is 0 Å². The number of allylic oxidation sites excluding steroid dienone is 4. The van der Waals surface area contributed by atoms with Crippen molar-refractivity contribution < 1.29 is 9.47 Å². The van der Waals surface area contributed by atoms with Crippen molar-refractivity contribution in [3.05, 3.63) is 53.1 Å². The highest BCUT2D eigenvalue weighted by atomic mass is 16.5. The molecule has 0 aromatic heterocycles. The number of rotatable bonds is 6. The molecule has 1 saturated heterocycles. The summed E-state index contributed by atoms with van der Waals surface area (Å²) in [5.41, 5.74) is 3.97. The minimum absolute atomic E-state index is 0.157.